The van der Waals surface area contributed by atoms with E-state index in [9.17, 15) is 33.9 Å². The molecule has 10 N–H and O–H groups in total. The quantitative estimate of drug-likeness (QED) is 0.0218. The van der Waals surface area contributed by atoms with Crippen molar-refractivity contribution < 1.29 is 33.9 Å². The molecule has 336 valence electrons. The number of hydrogen-bond acceptors (Lipinski definition) is 9. The minimum absolute atomic E-state index is 0.00659. The topological polar surface area (TPSA) is 235 Å². The number of nitrogens with one attached hydrogen (secondary N) is 5. The maximum atomic E-state index is 12.4. The van der Waals surface area contributed by atoms with Crippen molar-refractivity contribution in [1.82, 2.24) is 26.6 Å². The van der Waals surface area contributed by atoms with Crippen LogP contribution in [0.5, 0.6) is 0 Å². The van der Waals surface area contributed by atoms with Crippen molar-refractivity contribution in [3.05, 3.63) is 12.7 Å². The predicted molar refractivity (Wildman–Crippen MR) is 236 cm³/mol. The van der Waals surface area contributed by atoms with Gasteiger partial charge in [0, 0.05) is 32.5 Å². The largest absolute Gasteiger partial charge is 0.480 e. The van der Waals surface area contributed by atoms with E-state index >= 15 is 0 Å². The Morgan fingerprint density at radius 3 is 1.41 bits per heavy atom. The van der Waals surface area contributed by atoms with Crippen molar-refractivity contribution in [1.29, 1.82) is 0 Å². The summed E-state index contributed by atoms with van der Waals surface area (Å²) >= 11 is 3.84. The molecule has 0 aliphatic rings. The van der Waals surface area contributed by atoms with Gasteiger partial charge in [0.1, 0.15) is 6.04 Å². The van der Waals surface area contributed by atoms with E-state index < -0.39 is 24.1 Å². The van der Waals surface area contributed by atoms with Crippen molar-refractivity contribution in [2.24, 2.45) is 11.5 Å². The van der Waals surface area contributed by atoms with Crippen LogP contribution >= 0.6 is 12.6 Å². The molecule has 0 saturated heterocycles. The molecule has 0 aromatic rings. The molecule has 3 unspecified atom stereocenters. The lowest BCUT2D eigenvalue weighted by Crippen LogP contribution is -2.42. The summed E-state index contributed by atoms with van der Waals surface area (Å²) in [5.74, 6) is -2.24. The van der Waals surface area contributed by atoms with Gasteiger partial charge in [0.2, 0.25) is 28.7 Å². The number of likely N-dealkylation sites (N-methyl/N-ethyl adjacent to an activating group) is 1. The number of carbonyl (C=O) groups is 6. The summed E-state index contributed by atoms with van der Waals surface area (Å²) in [6.07, 6.45) is 25.9. The number of carboxylic acid groups (broad SMARTS) is 1. The van der Waals surface area contributed by atoms with Gasteiger partial charge in [-0.1, -0.05) is 83.1 Å². The van der Waals surface area contributed by atoms with E-state index in [0.29, 0.717) is 64.6 Å². The fourth-order valence-electron chi connectivity index (χ4n) is 6.60. The third-order valence-corrected chi connectivity index (χ3v) is 10.7. The fraction of sp³-hybridized carbons (Fsp3) is 0.814. The minimum Gasteiger partial charge on any atom is -0.480 e. The normalized spacial score (nSPS) is 13.2. The summed E-state index contributed by atoms with van der Waals surface area (Å²) in [6.45, 7) is 5.04. The average molecular weight is 840 g/mol. The second-order valence-electron chi connectivity index (χ2n) is 15.6. The van der Waals surface area contributed by atoms with E-state index in [4.69, 9.17) is 11.5 Å². The summed E-state index contributed by atoms with van der Waals surface area (Å²) in [5.41, 5.74) is 12.0. The first kappa shape index (κ1) is 55.0. The van der Waals surface area contributed by atoms with Crippen LogP contribution in [0.1, 0.15) is 173 Å². The third-order valence-electron chi connectivity index (χ3n) is 10.4. The van der Waals surface area contributed by atoms with Crippen LogP contribution in [-0.4, -0.2) is 90.7 Å². The van der Waals surface area contributed by atoms with Gasteiger partial charge in [0.15, 0.2) is 0 Å². The van der Waals surface area contributed by atoms with Gasteiger partial charge in [-0.15, -0.1) is 19.2 Å². The van der Waals surface area contributed by atoms with Gasteiger partial charge < -0.3 is 43.2 Å². The van der Waals surface area contributed by atoms with Crippen molar-refractivity contribution in [3.8, 4) is 0 Å². The van der Waals surface area contributed by atoms with E-state index in [0.717, 1.165) is 44.9 Å². The van der Waals surface area contributed by atoms with Crippen LogP contribution < -0.4 is 38.1 Å². The fourth-order valence-corrected chi connectivity index (χ4v) is 6.86. The SMILES string of the molecule is C=CCCCCCCCCCCCCCCCCC(=O)NC(CCC(=O)NCCCC[C@H](N)C(=O)NCCCCC(N)C(=O)NCCCCC(NC)C(=O)S)C(=O)O. The van der Waals surface area contributed by atoms with Gasteiger partial charge in [-0.2, -0.15) is 0 Å². The molecule has 15 heteroatoms. The van der Waals surface area contributed by atoms with E-state index in [2.05, 4.69) is 45.8 Å². The van der Waals surface area contributed by atoms with Gasteiger partial charge in [0.05, 0.1) is 18.1 Å². The second kappa shape index (κ2) is 38.2. The number of aliphatic carboxylic acids is 1. The number of rotatable bonds is 41. The molecule has 0 aromatic carbocycles. The van der Waals surface area contributed by atoms with E-state index in [1.807, 2.05) is 6.08 Å². The molecule has 0 spiro atoms. The Hall–Kier alpha value is -3.01. The Labute approximate surface area is 355 Å². The Morgan fingerprint density at radius 2 is 0.983 bits per heavy atom. The first-order valence-electron chi connectivity index (χ1n) is 22.3. The highest BCUT2D eigenvalue weighted by molar-refractivity contribution is 7.96. The standard InChI is InChI=1S/C43H81N7O7S/c1-3-4-5-6-7-8-9-10-11-12-13-14-15-16-17-18-28-39(52)50-36(42(55)56)29-30-38(51)47-31-22-19-25-34(44)40(53)48-32-23-20-26-35(45)41(54)49-33-24-21-27-37(46-2)43(57)58/h3,34-37,46H,1,4-33,44-45H2,2H3,(H,47,51)(H,48,53)(H,49,54)(H,50,52)(H,55,56)(H,57,58)/t34-,35?,36?,37?/m0/s1. The summed E-state index contributed by atoms with van der Waals surface area (Å²) in [4.78, 5) is 72.3. The summed E-state index contributed by atoms with van der Waals surface area (Å²) in [6, 6.07) is -2.72. The van der Waals surface area contributed by atoms with E-state index in [-0.39, 0.29) is 54.0 Å². The first-order valence-corrected chi connectivity index (χ1v) is 22.7. The molecule has 0 aliphatic heterocycles. The van der Waals surface area contributed by atoms with Crippen LogP contribution in [0.15, 0.2) is 12.7 Å². The summed E-state index contributed by atoms with van der Waals surface area (Å²) in [5, 5.41) is 23.2. The number of thiol groups is 1. The number of carboxylic acids is 1. The van der Waals surface area contributed by atoms with Crippen LogP contribution in [0.2, 0.25) is 0 Å². The maximum Gasteiger partial charge on any atom is 0.326 e. The number of allylic oxidation sites excluding steroid dienone is 1. The molecule has 4 atom stereocenters. The zero-order valence-corrected chi connectivity index (χ0v) is 36.7. The van der Waals surface area contributed by atoms with Crippen molar-refractivity contribution >= 4 is 47.3 Å². The first-order chi connectivity index (χ1) is 27.9. The lowest BCUT2D eigenvalue weighted by Gasteiger charge is -2.15. The Bertz CT molecular complexity index is 1150. The van der Waals surface area contributed by atoms with Crippen LogP contribution in [0.4, 0.5) is 0 Å². The highest BCUT2D eigenvalue weighted by atomic mass is 32.1. The molecule has 0 aliphatic carbocycles. The monoisotopic (exact) mass is 840 g/mol. The number of unbranched alkanes of at least 4 members (excludes halogenated alkanes) is 17. The lowest BCUT2D eigenvalue weighted by molar-refractivity contribution is -0.142. The van der Waals surface area contributed by atoms with Gasteiger partial charge >= 0.3 is 5.97 Å². The van der Waals surface area contributed by atoms with Gasteiger partial charge in [-0.05, 0) is 90.5 Å². The number of nitrogens with two attached hydrogens (primary N) is 2. The number of carbonyl (C=O) groups excluding carboxylic acids is 5. The van der Waals surface area contributed by atoms with Crippen LogP contribution in [0.25, 0.3) is 0 Å². The maximum absolute atomic E-state index is 12.4. The number of amides is 4. The third kappa shape index (κ3) is 32.9. The average Bonchev–Trinajstić information content (AvgIpc) is 3.19. The minimum atomic E-state index is -1.16. The van der Waals surface area contributed by atoms with Crippen molar-refractivity contribution in [3.63, 3.8) is 0 Å². The zero-order valence-electron chi connectivity index (χ0n) is 35.8. The van der Waals surface area contributed by atoms with Crippen LogP contribution in [-0.2, 0) is 28.8 Å². The van der Waals surface area contributed by atoms with Crippen molar-refractivity contribution in [2.45, 2.75) is 198 Å². The summed E-state index contributed by atoms with van der Waals surface area (Å²) < 4.78 is 0. The highest BCUT2D eigenvalue weighted by Crippen LogP contribution is 2.14. The smallest absolute Gasteiger partial charge is 0.326 e. The molecule has 0 heterocycles. The predicted octanol–water partition coefficient (Wildman–Crippen LogP) is 5.32. The number of hydrogen-bond donors (Lipinski definition) is 9. The lowest BCUT2D eigenvalue weighted by atomic mass is 10.0. The second-order valence-corrected chi connectivity index (χ2v) is 16.0. The molecular formula is C43H81N7O7S. The van der Waals surface area contributed by atoms with Crippen molar-refractivity contribution in [2.75, 3.05) is 26.7 Å². The van der Waals surface area contributed by atoms with Gasteiger partial charge in [0.25, 0.3) is 0 Å². The molecular weight excluding hydrogens is 759 g/mol. The Balaban J connectivity index is 3.88. The van der Waals surface area contributed by atoms with Crippen LogP contribution in [0, 0.1) is 0 Å². The zero-order chi connectivity index (χ0) is 43.2. The molecule has 0 aromatic heterocycles. The molecule has 4 amide bonds. The van der Waals surface area contributed by atoms with Gasteiger partial charge in [-0.25, -0.2) is 4.79 Å². The molecule has 0 saturated carbocycles. The molecule has 58 heavy (non-hydrogen) atoms. The molecule has 0 radical (unpaired) electrons. The molecule has 0 bridgehead atoms. The Morgan fingerprint density at radius 1 is 0.552 bits per heavy atom. The van der Waals surface area contributed by atoms with Crippen LogP contribution in [0.3, 0.4) is 0 Å². The van der Waals surface area contributed by atoms with E-state index in [1.165, 1.54) is 64.2 Å². The molecule has 14 nitrogen and oxygen atoms in total. The Kier molecular flexibility index (Phi) is 36.2. The van der Waals surface area contributed by atoms with Gasteiger partial charge in [-0.3, -0.25) is 24.0 Å². The molecule has 0 rings (SSSR count). The highest BCUT2D eigenvalue weighted by Gasteiger charge is 2.21. The molecule has 0 fully saturated rings. The summed E-state index contributed by atoms with van der Waals surface area (Å²) in [7, 11) is 1.71. The van der Waals surface area contributed by atoms with E-state index in [1.54, 1.807) is 7.05 Å².